The van der Waals surface area contributed by atoms with E-state index >= 15 is 0 Å². The van der Waals surface area contributed by atoms with Crippen molar-refractivity contribution in [3.05, 3.63) is 89.5 Å². The molecule has 5 nitrogen and oxygen atoms in total. The van der Waals surface area contributed by atoms with Gasteiger partial charge in [-0.3, -0.25) is 0 Å². The average molecular weight is 572 g/mol. The van der Waals surface area contributed by atoms with Gasteiger partial charge in [0.2, 0.25) is 0 Å². The summed E-state index contributed by atoms with van der Waals surface area (Å²) in [5.41, 5.74) is 7.60. The summed E-state index contributed by atoms with van der Waals surface area (Å²) in [4.78, 5) is 2.36. The second-order valence-electron chi connectivity index (χ2n) is 11.8. The largest absolute Gasteiger partial charge is 0.353 e. The van der Waals surface area contributed by atoms with Gasteiger partial charge >= 0.3 is 0 Å². The number of hydrogen-bond acceptors (Lipinski definition) is 5. The Balaban J connectivity index is 1.11. The molecule has 3 aromatic rings. The zero-order valence-corrected chi connectivity index (χ0v) is 25.5. The Kier molecular flexibility index (Phi) is 12.3. The van der Waals surface area contributed by atoms with E-state index in [1.165, 1.54) is 59.4 Å². The summed E-state index contributed by atoms with van der Waals surface area (Å²) in [6.07, 6.45) is 13.5. The van der Waals surface area contributed by atoms with E-state index in [1.54, 1.807) is 0 Å². The summed E-state index contributed by atoms with van der Waals surface area (Å²) in [5, 5.41) is 0. The molecule has 2 heterocycles. The number of aryl methyl sites for hydroxylation is 3. The first-order valence-electron chi connectivity index (χ1n) is 16.3. The van der Waals surface area contributed by atoms with E-state index < -0.39 is 0 Å². The third kappa shape index (κ3) is 9.67. The first-order valence-corrected chi connectivity index (χ1v) is 16.3. The maximum absolute atomic E-state index is 5.81. The number of unbranched alkanes of at least 4 members (excludes halogenated alkanes) is 4. The predicted octanol–water partition coefficient (Wildman–Crippen LogP) is 9.20. The van der Waals surface area contributed by atoms with Crippen LogP contribution in [0.2, 0.25) is 0 Å². The van der Waals surface area contributed by atoms with Crippen LogP contribution < -0.4 is 4.90 Å². The Morgan fingerprint density at radius 1 is 0.571 bits per heavy atom. The fourth-order valence-electron chi connectivity index (χ4n) is 5.77. The van der Waals surface area contributed by atoms with E-state index in [4.69, 9.17) is 18.9 Å². The summed E-state index contributed by atoms with van der Waals surface area (Å²) >= 11 is 0. The minimum Gasteiger partial charge on any atom is -0.353 e. The standard InChI is InChI=1S/C37H49NO4/c1-30-14-20-33(21-15-30)38(34-22-16-31(17-23-34)10-4-2-6-26-39-36-12-8-28-41-36)35-24-18-32(19-25-35)11-5-3-7-27-40-37-13-9-29-42-37/h14-25,36-37H,2-13,26-29H2,1H3. The van der Waals surface area contributed by atoms with Crippen molar-refractivity contribution < 1.29 is 18.9 Å². The van der Waals surface area contributed by atoms with Crippen LogP contribution in [0.25, 0.3) is 0 Å². The molecular formula is C37H49NO4. The van der Waals surface area contributed by atoms with E-state index in [-0.39, 0.29) is 12.6 Å². The molecule has 0 aromatic heterocycles. The van der Waals surface area contributed by atoms with Crippen molar-refractivity contribution in [1.82, 2.24) is 0 Å². The molecule has 5 rings (SSSR count). The highest BCUT2D eigenvalue weighted by molar-refractivity contribution is 5.76. The van der Waals surface area contributed by atoms with Crippen molar-refractivity contribution in [1.29, 1.82) is 0 Å². The molecule has 2 atom stereocenters. The fourth-order valence-corrected chi connectivity index (χ4v) is 5.77. The van der Waals surface area contributed by atoms with Crippen LogP contribution in [0.3, 0.4) is 0 Å². The highest BCUT2D eigenvalue weighted by Crippen LogP contribution is 2.35. The van der Waals surface area contributed by atoms with Crippen LogP contribution in [0.4, 0.5) is 17.1 Å². The monoisotopic (exact) mass is 571 g/mol. The molecule has 2 aliphatic rings. The molecule has 0 spiro atoms. The van der Waals surface area contributed by atoms with Gasteiger partial charge in [0, 0.05) is 56.3 Å². The molecule has 42 heavy (non-hydrogen) atoms. The summed E-state index contributed by atoms with van der Waals surface area (Å²) in [6, 6.07) is 27.0. The van der Waals surface area contributed by atoms with Crippen molar-refractivity contribution in [2.45, 2.75) is 96.6 Å². The van der Waals surface area contributed by atoms with Crippen LogP contribution in [0.15, 0.2) is 72.8 Å². The molecule has 226 valence electrons. The fraction of sp³-hybridized carbons (Fsp3) is 0.514. The maximum atomic E-state index is 5.81. The Morgan fingerprint density at radius 3 is 1.40 bits per heavy atom. The molecule has 0 bridgehead atoms. The number of benzene rings is 3. The molecule has 2 unspecified atom stereocenters. The van der Waals surface area contributed by atoms with Gasteiger partial charge in [0.25, 0.3) is 0 Å². The van der Waals surface area contributed by atoms with Gasteiger partial charge in [-0.15, -0.1) is 0 Å². The SMILES string of the molecule is Cc1ccc(N(c2ccc(CCCCCOC3CCCO3)cc2)c2ccc(CCCCCOC3CCCO3)cc2)cc1. The second kappa shape index (κ2) is 16.8. The van der Waals surface area contributed by atoms with Gasteiger partial charge in [-0.1, -0.05) is 54.8 Å². The maximum Gasteiger partial charge on any atom is 0.157 e. The predicted molar refractivity (Wildman–Crippen MR) is 171 cm³/mol. The first kappa shape index (κ1) is 30.7. The van der Waals surface area contributed by atoms with Crippen LogP contribution in [-0.2, 0) is 31.8 Å². The second-order valence-corrected chi connectivity index (χ2v) is 11.8. The lowest BCUT2D eigenvalue weighted by molar-refractivity contribution is -0.111. The lowest BCUT2D eigenvalue weighted by atomic mass is 10.0. The minimum atomic E-state index is 0.0396. The molecule has 0 N–H and O–H groups in total. The lowest BCUT2D eigenvalue weighted by Gasteiger charge is -2.26. The van der Waals surface area contributed by atoms with Crippen LogP contribution in [-0.4, -0.2) is 39.0 Å². The van der Waals surface area contributed by atoms with Crippen molar-refractivity contribution in [2.24, 2.45) is 0 Å². The first-order chi connectivity index (χ1) is 20.7. The van der Waals surface area contributed by atoms with E-state index in [2.05, 4.69) is 84.6 Å². The van der Waals surface area contributed by atoms with E-state index in [9.17, 15) is 0 Å². The highest BCUT2D eigenvalue weighted by atomic mass is 16.7. The molecule has 2 fully saturated rings. The van der Waals surface area contributed by atoms with Crippen LogP contribution >= 0.6 is 0 Å². The smallest absolute Gasteiger partial charge is 0.157 e. The molecule has 2 saturated heterocycles. The number of rotatable bonds is 17. The lowest BCUT2D eigenvalue weighted by Crippen LogP contribution is -2.11. The third-order valence-corrected chi connectivity index (χ3v) is 8.28. The van der Waals surface area contributed by atoms with E-state index in [0.717, 1.165) is 77.8 Å². The molecule has 0 aliphatic carbocycles. The number of hydrogen-bond donors (Lipinski definition) is 0. The molecular weight excluding hydrogens is 522 g/mol. The van der Waals surface area contributed by atoms with Gasteiger partial charge in [0.05, 0.1) is 0 Å². The van der Waals surface area contributed by atoms with Crippen LogP contribution in [0.1, 0.15) is 80.9 Å². The van der Waals surface area contributed by atoms with Crippen molar-refractivity contribution in [3.63, 3.8) is 0 Å². The van der Waals surface area contributed by atoms with Crippen molar-refractivity contribution in [3.8, 4) is 0 Å². The quantitative estimate of drug-likeness (QED) is 0.151. The Bertz CT molecular complexity index is 1080. The summed E-state index contributed by atoms with van der Waals surface area (Å²) in [5.74, 6) is 0. The van der Waals surface area contributed by atoms with Crippen LogP contribution in [0.5, 0.6) is 0 Å². The zero-order valence-electron chi connectivity index (χ0n) is 25.5. The average Bonchev–Trinajstić information content (AvgIpc) is 3.74. The van der Waals surface area contributed by atoms with Gasteiger partial charge in [-0.05, 0) is 106 Å². The Morgan fingerprint density at radius 2 is 1.00 bits per heavy atom. The summed E-state index contributed by atoms with van der Waals surface area (Å²) < 4.78 is 22.7. The normalized spacial score (nSPS) is 18.5. The minimum absolute atomic E-state index is 0.0396. The van der Waals surface area contributed by atoms with Gasteiger partial charge in [-0.2, -0.15) is 0 Å². The molecule has 0 saturated carbocycles. The Labute approximate surface area is 253 Å². The molecule has 5 heteroatoms. The molecule has 3 aromatic carbocycles. The van der Waals surface area contributed by atoms with Gasteiger partial charge < -0.3 is 23.8 Å². The highest BCUT2D eigenvalue weighted by Gasteiger charge is 2.16. The van der Waals surface area contributed by atoms with E-state index in [1.807, 2.05) is 0 Å². The van der Waals surface area contributed by atoms with Crippen molar-refractivity contribution in [2.75, 3.05) is 31.3 Å². The summed E-state index contributed by atoms with van der Waals surface area (Å²) in [6.45, 7) is 5.45. The van der Waals surface area contributed by atoms with Gasteiger partial charge in [-0.25, -0.2) is 0 Å². The van der Waals surface area contributed by atoms with Gasteiger partial charge in [0.1, 0.15) is 0 Å². The number of ether oxygens (including phenoxy) is 4. The topological polar surface area (TPSA) is 40.2 Å². The summed E-state index contributed by atoms with van der Waals surface area (Å²) in [7, 11) is 0. The Hall–Kier alpha value is -2.70. The third-order valence-electron chi connectivity index (χ3n) is 8.28. The van der Waals surface area contributed by atoms with Gasteiger partial charge in [0.15, 0.2) is 12.6 Å². The zero-order chi connectivity index (χ0) is 28.8. The van der Waals surface area contributed by atoms with Crippen LogP contribution in [0, 0.1) is 6.92 Å². The molecule has 0 amide bonds. The number of nitrogens with zero attached hydrogens (tertiary/aromatic N) is 1. The van der Waals surface area contributed by atoms with E-state index in [0.29, 0.717) is 0 Å². The molecule has 0 radical (unpaired) electrons. The van der Waals surface area contributed by atoms with Crippen molar-refractivity contribution >= 4 is 17.1 Å². The molecule has 2 aliphatic heterocycles. The number of anilines is 3.